The Morgan fingerprint density at radius 2 is 1.88 bits per heavy atom. The van der Waals surface area contributed by atoms with Gasteiger partial charge in [-0.1, -0.05) is 6.07 Å². The minimum absolute atomic E-state index is 0.160. The molecule has 1 aliphatic carbocycles. The van der Waals surface area contributed by atoms with Gasteiger partial charge in [-0.15, -0.1) is 0 Å². The van der Waals surface area contributed by atoms with E-state index in [0.29, 0.717) is 12.5 Å². The predicted molar refractivity (Wildman–Crippen MR) is 124 cm³/mol. The van der Waals surface area contributed by atoms with Gasteiger partial charge in [-0.2, -0.15) is 15.5 Å². The lowest BCUT2D eigenvalue weighted by molar-refractivity contribution is 0.0577. The Morgan fingerprint density at radius 1 is 1.06 bits per heavy atom. The SMILES string of the molecule is CC(C)(O)Cn1cc(-c2ccc(-c3cnn4ccnc([C@H]5CC[C@@H](C#N)CC5)c34)nc2)cn1. The number of hydrogen-bond acceptors (Lipinski definition) is 6. The van der Waals surface area contributed by atoms with Crippen molar-refractivity contribution in [3.8, 4) is 28.5 Å². The Labute approximate surface area is 192 Å². The molecule has 0 aromatic carbocycles. The minimum Gasteiger partial charge on any atom is -0.389 e. The normalized spacial score (nSPS) is 19.0. The Morgan fingerprint density at radius 3 is 2.58 bits per heavy atom. The van der Waals surface area contributed by atoms with E-state index in [1.807, 2.05) is 41.4 Å². The van der Waals surface area contributed by atoms with Gasteiger partial charge in [-0.05, 0) is 45.6 Å². The number of rotatable bonds is 5. The maximum Gasteiger partial charge on any atom is 0.0973 e. The van der Waals surface area contributed by atoms with Gasteiger partial charge >= 0.3 is 0 Å². The molecule has 0 amide bonds. The molecule has 1 N–H and O–H groups in total. The molecule has 4 heterocycles. The van der Waals surface area contributed by atoms with Crippen LogP contribution < -0.4 is 0 Å². The van der Waals surface area contributed by atoms with Crippen LogP contribution >= 0.6 is 0 Å². The van der Waals surface area contributed by atoms with Crippen molar-refractivity contribution in [2.45, 2.75) is 57.6 Å². The molecular formula is C25H27N7O. The van der Waals surface area contributed by atoms with Crippen LogP contribution in [-0.2, 0) is 6.54 Å². The highest BCUT2D eigenvalue weighted by atomic mass is 16.3. The standard InChI is InChI=1S/C25H27N7O/c1-25(2,33)16-31-15-20(13-29-31)19-7-8-22(28-12-19)21-14-30-32-10-9-27-23(24(21)32)18-5-3-17(11-26)4-6-18/h7-10,12-15,17-18,33H,3-6,16H2,1-2H3/t17-,18+. The van der Waals surface area contributed by atoms with Gasteiger partial charge in [0.2, 0.25) is 0 Å². The molecule has 0 atom stereocenters. The lowest BCUT2D eigenvalue weighted by Crippen LogP contribution is -2.26. The van der Waals surface area contributed by atoms with Crippen molar-refractivity contribution in [2.75, 3.05) is 0 Å². The number of fused-ring (bicyclic) bond motifs is 1. The van der Waals surface area contributed by atoms with Crippen LogP contribution in [0.3, 0.4) is 0 Å². The molecule has 8 nitrogen and oxygen atoms in total. The first-order chi connectivity index (χ1) is 15.9. The summed E-state index contributed by atoms with van der Waals surface area (Å²) in [7, 11) is 0. The number of aliphatic hydroxyl groups is 1. The second-order valence-corrected chi connectivity index (χ2v) is 9.51. The fraction of sp³-hybridized carbons (Fsp3) is 0.400. The van der Waals surface area contributed by atoms with E-state index in [4.69, 9.17) is 9.97 Å². The van der Waals surface area contributed by atoms with Gasteiger partial charge in [0.15, 0.2) is 0 Å². The van der Waals surface area contributed by atoms with Crippen LogP contribution in [0.2, 0.25) is 0 Å². The zero-order chi connectivity index (χ0) is 23.0. The fourth-order valence-corrected chi connectivity index (χ4v) is 4.67. The second kappa shape index (κ2) is 8.41. The molecule has 168 valence electrons. The molecule has 8 heteroatoms. The Hall–Kier alpha value is -3.57. The molecule has 0 saturated heterocycles. The molecule has 0 bridgehead atoms. The van der Waals surface area contributed by atoms with Crippen molar-refractivity contribution in [3.05, 3.63) is 55.0 Å². The first kappa shape index (κ1) is 21.3. The van der Waals surface area contributed by atoms with Gasteiger partial charge in [0.25, 0.3) is 0 Å². The molecular weight excluding hydrogens is 414 g/mol. The van der Waals surface area contributed by atoms with Crippen molar-refractivity contribution in [1.29, 1.82) is 5.26 Å². The highest BCUT2D eigenvalue weighted by Gasteiger charge is 2.26. The van der Waals surface area contributed by atoms with E-state index in [1.54, 1.807) is 30.9 Å². The van der Waals surface area contributed by atoms with E-state index in [0.717, 1.165) is 59.3 Å². The highest BCUT2D eigenvalue weighted by Crippen LogP contribution is 2.38. The number of aromatic nitrogens is 6. The third-order valence-electron chi connectivity index (χ3n) is 6.31. The van der Waals surface area contributed by atoms with Crippen LogP contribution in [0.25, 0.3) is 27.9 Å². The first-order valence-corrected chi connectivity index (χ1v) is 11.3. The van der Waals surface area contributed by atoms with E-state index in [-0.39, 0.29) is 5.92 Å². The molecule has 0 spiro atoms. The summed E-state index contributed by atoms with van der Waals surface area (Å²) in [6, 6.07) is 6.45. The van der Waals surface area contributed by atoms with Gasteiger partial charge in [0.1, 0.15) is 0 Å². The molecule has 1 fully saturated rings. The molecule has 0 radical (unpaired) electrons. The van der Waals surface area contributed by atoms with Crippen LogP contribution in [0.4, 0.5) is 0 Å². The Bertz CT molecular complexity index is 1300. The Kier molecular flexibility index (Phi) is 5.43. The molecule has 4 aromatic heterocycles. The van der Waals surface area contributed by atoms with Crippen LogP contribution in [0.1, 0.15) is 51.1 Å². The number of nitriles is 1. The molecule has 1 aliphatic rings. The van der Waals surface area contributed by atoms with E-state index in [2.05, 4.69) is 16.3 Å². The zero-order valence-electron chi connectivity index (χ0n) is 18.9. The molecule has 4 aromatic rings. The largest absolute Gasteiger partial charge is 0.389 e. The summed E-state index contributed by atoms with van der Waals surface area (Å²) in [5.41, 5.74) is 4.94. The summed E-state index contributed by atoms with van der Waals surface area (Å²) < 4.78 is 3.62. The summed E-state index contributed by atoms with van der Waals surface area (Å²) in [4.78, 5) is 9.47. The fourth-order valence-electron chi connectivity index (χ4n) is 4.67. The number of pyridine rings is 1. The summed E-state index contributed by atoms with van der Waals surface area (Å²) in [5.74, 6) is 0.488. The molecule has 0 aliphatic heterocycles. The first-order valence-electron chi connectivity index (χ1n) is 11.3. The van der Waals surface area contributed by atoms with Gasteiger partial charge in [-0.25, -0.2) is 4.52 Å². The van der Waals surface area contributed by atoms with E-state index < -0.39 is 5.60 Å². The van der Waals surface area contributed by atoms with Gasteiger partial charge in [-0.3, -0.25) is 14.6 Å². The lowest BCUT2D eigenvalue weighted by atomic mass is 9.80. The van der Waals surface area contributed by atoms with E-state index >= 15 is 0 Å². The van der Waals surface area contributed by atoms with Crippen molar-refractivity contribution < 1.29 is 5.11 Å². The van der Waals surface area contributed by atoms with Gasteiger partial charge < -0.3 is 5.11 Å². The maximum absolute atomic E-state index is 10.0. The minimum atomic E-state index is -0.825. The molecule has 0 unspecified atom stereocenters. The molecule has 33 heavy (non-hydrogen) atoms. The van der Waals surface area contributed by atoms with Crippen molar-refractivity contribution in [3.63, 3.8) is 0 Å². The summed E-state index contributed by atoms with van der Waals surface area (Å²) in [5, 5.41) is 28.2. The number of hydrogen-bond donors (Lipinski definition) is 1. The van der Waals surface area contributed by atoms with Crippen LogP contribution in [0, 0.1) is 17.2 Å². The second-order valence-electron chi connectivity index (χ2n) is 9.51. The lowest BCUT2D eigenvalue weighted by Gasteiger charge is -2.24. The van der Waals surface area contributed by atoms with Crippen molar-refractivity contribution in [2.24, 2.45) is 5.92 Å². The topological polar surface area (TPSA) is 105 Å². The molecule has 1 saturated carbocycles. The average Bonchev–Trinajstić information content (AvgIpc) is 3.45. The smallest absolute Gasteiger partial charge is 0.0973 e. The summed E-state index contributed by atoms with van der Waals surface area (Å²) >= 11 is 0. The van der Waals surface area contributed by atoms with E-state index in [1.165, 1.54) is 0 Å². The average molecular weight is 442 g/mol. The summed E-state index contributed by atoms with van der Waals surface area (Å²) in [6.07, 6.45) is 14.9. The van der Waals surface area contributed by atoms with Crippen LogP contribution in [-0.4, -0.2) is 40.1 Å². The maximum atomic E-state index is 10.0. The van der Waals surface area contributed by atoms with Crippen LogP contribution in [0.15, 0.2) is 49.3 Å². The summed E-state index contributed by atoms with van der Waals surface area (Å²) in [6.45, 7) is 3.95. The van der Waals surface area contributed by atoms with Crippen molar-refractivity contribution >= 4 is 5.52 Å². The van der Waals surface area contributed by atoms with Crippen molar-refractivity contribution in [1.82, 2.24) is 29.4 Å². The van der Waals surface area contributed by atoms with Gasteiger partial charge in [0.05, 0.1) is 47.5 Å². The third kappa shape index (κ3) is 4.37. The van der Waals surface area contributed by atoms with Crippen LogP contribution in [0.5, 0.6) is 0 Å². The van der Waals surface area contributed by atoms with Gasteiger partial charge in [0, 0.05) is 53.3 Å². The quantitative estimate of drug-likeness (QED) is 0.497. The third-order valence-corrected chi connectivity index (χ3v) is 6.31. The highest BCUT2D eigenvalue weighted by molar-refractivity contribution is 5.80. The van der Waals surface area contributed by atoms with E-state index in [9.17, 15) is 10.4 Å². The number of nitrogens with zero attached hydrogens (tertiary/aromatic N) is 7. The predicted octanol–water partition coefficient (Wildman–Crippen LogP) is 4.22. The molecule has 5 rings (SSSR count). The monoisotopic (exact) mass is 441 g/mol. The Balaban J connectivity index is 1.44. The zero-order valence-corrected chi connectivity index (χ0v) is 18.9.